The standard InChI is InChI=1S/C36H22N6O/c1-3-11-23(12-4-1)24-19-21-26(22-20-24)33-37-32(25-13-5-2-6-14-25)38-35(39-33)42-29-17-9-8-16-28(29)41-31-27-15-7-10-18-30(27)43-34(31)40-36(41)42/h1-22H. The number of benzene rings is 5. The minimum absolute atomic E-state index is 0.485. The van der Waals surface area contributed by atoms with Crippen LogP contribution < -0.4 is 0 Å². The third kappa shape index (κ3) is 3.68. The van der Waals surface area contributed by atoms with Gasteiger partial charge < -0.3 is 4.42 Å². The van der Waals surface area contributed by atoms with Gasteiger partial charge >= 0.3 is 0 Å². The highest BCUT2D eigenvalue weighted by atomic mass is 16.3. The molecule has 0 spiro atoms. The molecule has 0 saturated heterocycles. The Balaban J connectivity index is 1.30. The average Bonchev–Trinajstić information content (AvgIpc) is 3.72. The highest BCUT2D eigenvalue weighted by Crippen LogP contribution is 2.35. The zero-order valence-corrected chi connectivity index (χ0v) is 22.8. The molecule has 0 unspecified atom stereocenters. The van der Waals surface area contributed by atoms with Gasteiger partial charge in [0.05, 0.1) is 11.0 Å². The van der Waals surface area contributed by atoms with Gasteiger partial charge in [-0.3, -0.25) is 4.40 Å². The van der Waals surface area contributed by atoms with Crippen LogP contribution in [0.5, 0.6) is 0 Å². The fourth-order valence-electron chi connectivity index (χ4n) is 5.83. The molecule has 5 aromatic carbocycles. The fraction of sp³-hybridized carbons (Fsp3) is 0. The molecule has 9 rings (SSSR count). The second kappa shape index (κ2) is 9.22. The van der Waals surface area contributed by atoms with Crippen LogP contribution in [0.2, 0.25) is 0 Å². The lowest BCUT2D eigenvalue weighted by atomic mass is 10.0. The van der Waals surface area contributed by atoms with Crippen LogP contribution in [0.1, 0.15) is 0 Å². The van der Waals surface area contributed by atoms with Crippen molar-refractivity contribution in [2.75, 3.05) is 0 Å². The monoisotopic (exact) mass is 554 g/mol. The molecule has 0 aliphatic rings. The number of hydrogen-bond donors (Lipinski definition) is 0. The molecule has 0 aliphatic carbocycles. The Morgan fingerprint density at radius 3 is 1.77 bits per heavy atom. The van der Waals surface area contributed by atoms with Crippen molar-refractivity contribution in [3.8, 4) is 39.9 Å². The first-order chi connectivity index (χ1) is 21.3. The highest BCUT2D eigenvalue weighted by molar-refractivity contribution is 6.05. The Morgan fingerprint density at radius 1 is 0.465 bits per heavy atom. The molecule has 9 aromatic rings. The summed E-state index contributed by atoms with van der Waals surface area (Å²) in [4.78, 5) is 20.0. The van der Waals surface area contributed by atoms with Gasteiger partial charge in [-0.2, -0.15) is 15.0 Å². The second-order valence-electron chi connectivity index (χ2n) is 10.4. The summed E-state index contributed by atoms with van der Waals surface area (Å²) in [5.74, 6) is 2.33. The SMILES string of the molecule is c1ccc(-c2ccc(-c3nc(-c4ccccc4)nc(-n4c5ccccc5n5c6c(nc45)oc4ccccc46)n3)cc2)cc1. The number of nitrogens with zero attached hydrogens (tertiary/aromatic N) is 6. The number of fused-ring (bicyclic) bond motifs is 7. The molecular formula is C36H22N6O. The molecule has 43 heavy (non-hydrogen) atoms. The molecule has 7 nitrogen and oxygen atoms in total. The van der Waals surface area contributed by atoms with E-state index >= 15 is 0 Å². The minimum Gasteiger partial charge on any atom is -0.436 e. The summed E-state index contributed by atoms with van der Waals surface area (Å²) in [6.07, 6.45) is 0. The Hall–Kier alpha value is -6.08. The number of aromatic nitrogens is 6. The molecule has 4 heterocycles. The Morgan fingerprint density at radius 2 is 1.02 bits per heavy atom. The van der Waals surface area contributed by atoms with Gasteiger partial charge in [0.2, 0.25) is 17.4 Å². The molecule has 0 aliphatic heterocycles. The molecule has 0 fully saturated rings. The van der Waals surface area contributed by atoms with E-state index in [0.29, 0.717) is 29.1 Å². The minimum atomic E-state index is 0.485. The summed E-state index contributed by atoms with van der Waals surface area (Å²) in [5, 5.41) is 1.01. The summed E-state index contributed by atoms with van der Waals surface area (Å²) < 4.78 is 10.3. The van der Waals surface area contributed by atoms with E-state index in [4.69, 9.17) is 24.4 Å². The fourth-order valence-corrected chi connectivity index (χ4v) is 5.83. The Labute approximate surface area is 245 Å². The van der Waals surface area contributed by atoms with E-state index in [2.05, 4.69) is 59.0 Å². The summed E-state index contributed by atoms with van der Waals surface area (Å²) in [7, 11) is 0. The van der Waals surface area contributed by atoms with Gasteiger partial charge in [0, 0.05) is 16.5 Å². The summed E-state index contributed by atoms with van der Waals surface area (Å²) in [5.41, 5.74) is 8.33. The van der Waals surface area contributed by atoms with Crippen molar-refractivity contribution < 1.29 is 4.42 Å². The predicted molar refractivity (Wildman–Crippen MR) is 169 cm³/mol. The van der Waals surface area contributed by atoms with Crippen molar-refractivity contribution in [1.82, 2.24) is 28.9 Å². The van der Waals surface area contributed by atoms with E-state index < -0.39 is 0 Å². The van der Waals surface area contributed by atoms with Crippen LogP contribution in [0.4, 0.5) is 0 Å². The molecule has 0 bridgehead atoms. The number of imidazole rings is 2. The van der Waals surface area contributed by atoms with Gasteiger partial charge in [0.25, 0.3) is 0 Å². The topological polar surface area (TPSA) is 74.0 Å². The van der Waals surface area contributed by atoms with Crippen LogP contribution in [0.15, 0.2) is 138 Å². The largest absolute Gasteiger partial charge is 0.436 e. The highest BCUT2D eigenvalue weighted by Gasteiger charge is 2.23. The zero-order chi connectivity index (χ0) is 28.3. The maximum atomic E-state index is 6.17. The normalized spacial score (nSPS) is 11.7. The second-order valence-corrected chi connectivity index (χ2v) is 10.4. The van der Waals surface area contributed by atoms with Crippen molar-refractivity contribution in [2.45, 2.75) is 0 Å². The summed E-state index contributed by atoms with van der Waals surface area (Å²) in [6.45, 7) is 0. The van der Waals surface area contributed by atoms with Crippen LogP contribution in [0.25, 0.3) is 78.9 Å². The first-order valence-corrected chi connectivity index (χ1v) is 14.1. The van der Waals surface area contributed by atoms with Gasteiger partial charge in [-0.05, 0) is 35.4 Å². The maximum Gasteiger partial charge on any atom is 0.248 e. The lowest BCUT2D eigenvalue weighted by Gasteiger charge is -2.10. The first-order valence-electron chi connectivity index (χ1n) is 14.1. The van der Waals surface area contributed by atoms with Crippen LogP contribution in [-0.4, -0.2) is 28.9 Å². The van der Waals surface area contributed by atoms with Crippen LogP contribution >= 0.6 is 0 Å². The van der Waals surface area contributed by atoms with Gasteiger partial charge in [-0.1, -0.05) is 109 Å². The van der Waals surface area contributed by atoms with E-state index in [9.17, 15) is 0 Å². The van der Waals surface area contributed by atoms with Gasteiger partial charge in [0.1, 0.15) is 11.1 Å². The predicted octanol–water partition coefficient (Wildman–Crippen LogP) is 8.36. The van der Waals surface area contributed by atoms with E-state index in [-0.39, 0.29) is 0 Å². The van der Waals surface area contributed by atoms with Crippen LogP contribution in [0.3, 0.4) is 0 Å². The third-order valence-corrected chi connectivity index (χ3v) is 7.85. The smallest absolute Gasteiger partial charge is 0.248 e. The van der Waals surface area contributed by atoms with Gasteiger partial charge in [-0.15, -0.1) is 0 Å². The molecule has 0 radical (unpaired) electrons. The molecule has 0 atom stereocenters. The van der Waals surface area contributed by atoms with E-state index in [1.165, 1.54) is 0 Å². The van der Waals surface area contributed by atoms with Crippen molar-refractivity contribution in [3.05, 3.63) is 133 Å². The average molecular weight is 555 g/mol. The Bertz CT molecular complexity index is 2440. The number of furan rings is 1. The van der Waals surface area contributed by atoms with Crippen molar-refractivity contribution in [1.29, 1.82) is 0 Å². The van der Waals surface area contributed by atoms with Crippen LogP contribution in [-0.2, 0) is 0 Å². The third-order valence-electron chi connectivity index (χ3n) is 7.85. The van der Waals surface area contributed by atoms with Gasteiger partial charge in [-0.25, -0.2) is 9.55 Å². The molecule has 7 heteroatoms. The molecular weight excluding hydrogens is 532 g/mol. The molecule has 4 aromatic heterocycles. The maximum absolute atomic E-state index is 6.17. The van der Waals surface area contributed by atoms with Crippen LogP contribution in [0, 0.1) is 0 Å². The molecule has 0 saturated carbocycles. The number of para-hydroxylation sites is 3. The van der Waals surface area contributed by atoms with E-state index in [1.54, 1.807) is 0 Å². The zero-order valence-electron chi connectivity index (χ0n) is 22.8. The lowest BCUT2D eigenvalue weighted by Crippen LogP contribution is -2.07. The number of rotatable bonds is 4. The van der Waals surface area contributed by atoms with Crippen molar-refractivity contribution in [2.24, 2.45) is 0 Å². The van der Waals surface area contributed by atoms with Crippen molar-refractivity contribution >= 4 is 39.0 Å². The Kier molecular flexibility index (Phi) is 5.06. The quantitative estimate of drug-likeness (QED) is 0.219. The molecule has 202 valence electrons. The van der Waals surface area contributed by atoms with Gasteiger partial charge in [0.15, 0.2) is 11.6 Å². The first kappa shape index (κ1) is 23.6. The summed E-state index contributed by atoms with van der Waals surface area (Å²) in [6, 6.07) is 44.9. The summed E-state index contributed by atoms with van der Waals surface area (Å²) >= 11 is 0. The number of hydrogen-bond acceptors (Lipinski definition) is 5. The molecule has 0 amide bonds. The molecule has 0 N–H and O–H groups in total. The van der Waals surface area contributed by atoms with E-state index in [0.717, 1.165) is 49.8 Å². The lowest BCUT2D eigenvalue weighted by molar-refractivity contribution is 0.656. The van der Waals surface area contributed by atoms with Crippen molar-refractivity contribution in [3.63, 3.8) is 0 Å². The van der Waals surface area contributed by atoms with E-state index in [1.807, 2.05) is 83.4 Å².